The monoisotopic (exact) mass is 556 g/mol. The van der Waals surface area contributed by atoms with Crippen LogP contribution in [-0.4, -0.2) is 52.6 Å². The molecule has 3 amide bonds. The Hall–Kier alpha value is -4.61. The summed E-state index contributed by atoms with van der Waals surface area (Å²) in [4.78, 5) is 52.7. The Kier molecular flexibility index (Phi) is 11.0. The number of carbonyl (C=O) groups excluding carboxylic acids is 3. The first-order valence-corrected chi connectivity index (χ1v) is 12.5. The SMILES string of the molecule is CC(C)(C)OC(=O)NC(=Nc1ccc(C[C@H](NC(=O)OCc2ccccc2)C(=O)O)cc1)NC(=O)OC(C)(C)C. The second-order valence-electron chi connectivity index (χ2n) is 10.7. The van der Waals surface area contributed by atoms with Gasteiger partial charge >= 0.3 is 24.2 Å². The highest BCUT2D eigenvalue weighted by atomic mass is 16.6. The number of aliphatic carboxylic acids is 1. The van der Waals surface area contributed by atoms with E-state index in [4.69, 9.17) is 14.2 Å². The van der Waals surface area contributed by atoms with Gasteiger partial charge < -0.3 is 24.6 Å². The van der Waals surface area contributed by atoms with Crippen LogP contribution >= 0.6 is 0 Å². The number of alkyl carbamates (subject to hydrolysis) is 3. The summed E-state index contributed by atoms with van der Waals surface area (Å²) in [6.45, 7) is 10.1. The van der Waals surface area contributed by atoms with E-state index in [2.05, 4.69) is 20.9 Å². The van der Waals surface area contributed by atoms with Gasteiger partial charge in [0.15, 0.2) is 0 Å². The number of ether oxygens (including phenoxy) is 3. The molecule has 12 heteroatoms. The molecule has 0 bridgehead atoms. The van der Waals surface area contributed by atoms with Crippen molar-refractivity contribution in [2.45, 2.75) is 71.8 Å². The summed E-state index contributed by atoms with van der Waals surface area (Å²) in [7, 11) is 0. The number of benzene rings is 2. The number of nitrogens with zero attached hydrogens (tertiary/aromatic N) is 1. The average Bonchev–Trinajstić information content (AvgIpc) is 2.81. The van der Waals surface area contributed by atoms with Crippen molar-refractivity contribution in [3.05, 3.63) is 65.7 Å². The fraction of sp³-hybridized carbons (Fsp3) is 0.393. The molecule has 0 spiro atoms. The number of carbonyl (C=O) groups is 4. The van der Waals surface area contributed by atoms with Crippen molar-refractivity contribution in [1.29, 1.82) is 0 Å². The van der Waals surface area contributed by atoms with E-state index in [0.717, 1.165) is 5.56 Å². The predicted molar refractivity (Wildman–Crippen MR) is 147 cm³/mol. The van der Waals surface area contributed by atoms with E-state index in [9.17, 15) is 24.3 Å². The molecular formula is C28H36N4O8. The molecule has 12 nitrogen and oxygen atoms in total. The van der Waals surface area contributed by atoms with E-state index < -0.39 is 41.5 Å². The molecule has 1 atom stereocenters. The zero-order valence-electron chi connectivity index (χ0n) is 23.4. The summed E-state index contributed by atoms with van der Waals surface area (Å²) in [5, 5.41) is 16.7. The summed E-state index contributed by atoms with van der Waals surface area (Å²) in [5.41, 5.74) is 0.100. The zero-order valence-corrected chi connectivity index (χ0v) is 23.4. The van der Waals surface area contributed by atoms with E-state index in [0.29, 0.717) is 11.3 Å². The molecule has 0 fully saturated rings. The van der Waals surface area contributed by atoms with Crippen molar-refractivity contribution in [2.75, 3.05) is 0 Å². The number of hydrogen-bond acceptors (Lipinski definition) is 8. The molecule has 4 N–H and O–H groups in total. The summed E-state index contributed by atoms with van der Waals surface area (Å²) < 4.78 is 15.6. The summed E-state index contributed by atoms with van der Waals surface area (Å²) in [6, 6.07) is 14.1. The number of carboxylic acid groups (broad SMARTS) is 1. The molecule has 0 saturated heterocycles. The Bertz CT molecular complexity index is 1170. The number of amides is 3. The second kappa shape index (κ2) is 14.0. The van der Waals surface area contributed by atoms with Gasteiger partial charge in [-0.3, -0.25) is 10.6 Å². The normalized spacial score (nSPS) is 11.8. The molecule has 216 valence electrons. The van der Waals surface area contributed by atoms with Crippen LogP contribution in [0, 0.1) is 0 Å². The second-order valence-corrected chi connectivity index (χ2v) is 10.7. The average molecular weight is 557 g/mol. The molecule has 0 saturated carbocycles. The van der Waals surface area contributed by atoms with Crippen molar-refractivity contribution in [1.82, 2.24) is 16.0 Å². The van der Waals surface area contributed by atoms with Crippen LogP contribution in [0.25, 0.3) is 0 Å². The van der Waals surface area contributed by atoms with E-state index in [1.807, 2.05) is 6.07 Å². The van der Waals surface area contributed by atoms with Crippen molar-refractivity contribution in [3.8, 4) is 0 Å². The molecule has 2 aromatic rings. The topological polar surface area (TPSA) is 165 Å². The minimum absolute atomic E-state index is 0.00269. The van der Waals surface area contributed by atoms with Crippen molar-refractivity contribution < 1.29 is 38.5 Å². The van der Waals surface area contributed by atoms with Gasteiger partial charge in [-0.25, -0.2) is 24.2 Å². The molecule has 0 unspecified atom stereocenters. The number of carboxylic acids is 1. The maximum atomic E-state index is 12.3. The van der Waals surface area contributed by atoms with Crippen LogP contribution in [0.4, 0.5) is 20.1 Å². The quantitative estimate of drug-likeness (QED) is 0.217. The standard InChI is InChI=1S/C28H36N4O8/c1-27(2,3)39-25(36)31-23(32-26(37)40-28(4,5)6)29-20-14-12-18(13-15-20)16-21(22(33)34)30-24(35)38-17-19-10-8-7-9-11-19/h7-15,21H,16-17H2,1-6H3,(H,30,35)(H,33,34)(H2,29,31,32,36,37)/t21-/m0/s1. The smallest absolute Gasteiger partial charge is 0.414 e. The third kappa shape index (κ3) is 12.8. The Labute approximate surface area is 233 Å². The van der Waals surface area contributed by atoms with Crippen LogP contribution < -0.4 is 16.0 Å². The fourth-order valence-electron chi connectivity index (χ4n) is 3.07. The molecule has 0 aliphatic rings. The van der Waals surface area contributed by atoms with E-state index in [-0.39, 0.29) is 19.0 Å². The van der Waals surface area contributed by atoms with Gasteiger partial charge in [0.05, 0.1) is 5.69 Å². The highest BCUT2D eigenvalue weighted by molar-refractivity contribution is 6.02. The maximum absolute atomic E-state index is 12.3. The molecule has 0 heterocycles. The summed E-state index contributed by atoms with van der Waals surface area (Å²) in [6.07, 6.45) is -2.57. The minimum Gasteiger partial charge on any atom is -0.480 e. The molecule has 0 aliphatic carbocycles. The molecule has 0 aliphatic heterocycles. The number of nitrogens with one attached hydrogen (secondary N) is 3. The van der Waals surface area contributed by atoms with E-state index >= 15 is 0 Å². The Morgan fingerprint density at radius 2 is 1.30 bits per heavy atom. The largest absolute Gasteiger partial charge is 0.480 e. The lowest BCUT2D eigenvalue weighted by atomic mass is 10.1. The van der Waals surface area contributed by atoms with Gasteiger partial charge in [-0.2, -0.15) is 0 Å². The van der Waals surface area contributed by atoms with E-state index in [1.165, 1.54) is 0 Å². The lowest BCUT2D eigenvalue weighted by molar-refractivity contribution is -0.139. The number of hydrogen-bond donors (Lipinski definition) is 4. The lowest BCUT2D eigenvalue weighted by Gasteiger charge is -2.22. The Balaban J connectivity index is 2.10. The molecular weight excluding hydrogens is 520 g/mol. The third-order valence-corrected chi connectivity index (χ3v) is 4.66. The van der Waals surface area contributed by atoms with E-state index in [1.54, 1.807) is 90.1 Å². The number of aliphatic imine (C=N–C) groups is 1. The number of guanidine groups is 1. The predicted octanol–water partition coefficient (Wildman–Crippen LogP) is 4.65. The van der Waals surface area contributed by atoms with Crippen LogP contribution in [0.3, 0.4) is 0 Å². The number of rotatable bonds is 7. The first kappa shape index (κ1) is 31.6. The van der Waals surface area contributed by atoms with Gasteiger partial charge in [-0.1, -0.05) is 42.5 Å². The van der Waals surface area contributed by atoms with Crippen molar-refractivity contribution in [2.24, 2.45) is 4.99 Å². The molecule has 2 aromatic carbocycles. The lowest BCUT2D eigenvalue weighted by Crippen LogP contribution is -2.47. The van der Waals surface area contributed by atoms with Crippen LogP contribution in [-0.2, 0) is 32.0 Å². The first-order valence-electron chi connectivity index (χ1n) is 12.5. The van der Waals surface area contributed by atoms with Gasteiger partial charge in [-0.15, -0.1) is 0 Å². The van der Waals surface area contributed by atoms with Gasteiger partial charge in [0.1, 0.15) is 23.9 Å². The van der Waals surface area contributed by atoms with Crippen LogP contribution in [0.5, 0.6) is 0 Å². The van der Waals surface area contributed by atoms with Crippen molar-refractivity contribution >= 4 is 35.9 Å². The molecule has 40 heavy (non-hydrogen) atoms. The highest BCUT2D eigenvalue weighted by Gasteiger charge is 2.23. The fourth-order valence-corrected chi connectivity index (χ4v) is 3.07. The van der Waals surface area contributed by atoms with Gasteiger partial charge in [0.2, 0.25) is 5.96 Å². The van der Waals surface area contributed by atoms with Gasteiger partial charge in [-0.05, 0) is 64.8 Å². The molecule has 2 rings (SSSR count). The molecule has 0 aromatic heterocycles. The van der Waals surface area contributed by atoms with Gasteiger partial charge in [0, 0.05) is 6.42 Å². The van der Waals surface area contributed by atoms with Crippen LogP contribution in [0.15, 0.2) is 59.6 Å². The maximum Gasteiger partial charge on any atom is 0.414 e. The van der Waals surface area contributed by atoms with Crippen LogP contribution in [0.1, 0.15) is 52.7 Å². The zero-order chi connectivity index (χ0) is 29.9. The summed E-state index contributed by atoms with van der Waals surface area (Å²) in [5.74, 6) is -1.47. The summed E-state index contributed by atoms with van der Waals surface area (Å²) >= 11 is 0. The highest BCUT2D eigenvalue weighted by Crippen LogP contribution is 2.15. The molecule has 0 radical (unpaired) electrons. The van der Waals surface area contributed by atoms with Gasteiger partial charge in [0.25, 0.3) is 0 Å². The Morgan fingerprint density at radius 1 is 0.775 bits per heavy atom. The third-order valence-electron chi connectivity index (χ3n) is 4.66. The minimum atomic E-state index is -1.24. The van der Waals surface area contributed by atoms with Crippen molar-refractivity contribution in [3.63, 3.8) is 0 Å². The van der Waals surface area contributed by atoms with Crippen LogP contribution in [0.2, 0.25) is 0 Å². The Morgan fingerprint density at radius 3 is 1.77 bits per heavy atom. The first-order chi connectivity index (χ1) is 18.6.